The van der Waals surface area contributed by atoms with E-state index in [-0.39, 0.29) is 5.92 Å². The van der Waals surface area contributed by atoms with Crippen molar-refractivity contribution < 1.29 is 13.2 Å². The van der Waals surface area contributed by atoms with Gasteiger partial charge in [-0.1, -0.05) is 13.8 Å². The average Bonchev–Trinajstić information content (AvgIpc) is 2.32. The van der Waals surface area contributed by atoms with Crippen LogP contribution in [0.2, 0.25) is 0 Å². The molecule has 0 saturated heterocycles. The standard InChI is InChI=1S/C15H26N2O3S/c1-11(2)10-17(6-7-20-5)21(18,19)15-12(3)8-14(16)9-13(15)4/h8-9,11H,6-7,10,16H2,1-5H3. The predicted octanol–water partition coefficient (Wildman–Crippen LogP) is 2.18. The van der Waals surface area contributed by atoms with E-state index >= 15 is 0 Å². The maximum atomic E-state index is 13.0. The van der Waals surface area contributed by atoms with Crippen LogP contribution in [0.25, 0.3) is 0 Å². The Morgan fingerprint density at radius 3 is 2.19 bits per heavy atom. The predicted molar refractivity (Wildman–Crippen MR) is 85.8 cm³/mol. The zero-order valence-corrected chi connectivity index (χ0v) is 14.3. The molecule has 21 heavy (non-hydrogen) atoms. The molecule has 0 aromatic heterocycles. The zero-order chi connectivity index (χ0) is 16.2. The first kappa shape index (κ1) is 17.9. The maximum Gasteiger partial charge on any atom is 0.243 e. The molecule has 0 fully saturated rings. The molecule has 1 rings (SSSR count). The number of rotatable bonds is 7. The SMILES string of the molecule is COCCN(CC(C)C)S(=O)(=O)c1c(C)cc(N)cc1C. The molecule has 1 aromatic carbocycles. The molecule has 0 aliphatic carbocycles. The van der Waals surface area contributed by atoms with Gasteiger partial charge in [0.25, 0.3) is 0 Å². The first-order valence-corrected chi connectivity index (χ1v) is 8.50. The number of hydrogen-bond acceptors (Lipinski definition) is 4. The number of anilines is 1. The van der Waals surface area contributed by atoms with Crippen molar-refractivity contribution in [1.82, 2.24) is 4.31 Å². The fourth-order valence-electron chi connectivity index (χ4n) is 2.43. The first-order valence-electron chi connectivity index (χ1n) is 7.06. The van der Waals surface area contributed by atoms with Crippen LogP contribution in [0.15, 0.2) is 17.0 Å². The van der Waals surface area contributed by atoms with E-state index in [0.29, 0.717) is 41.4 Å². The second-order valence-corrected chi connectivity index (χ2v) is 7.61. The number of ether oxygens (including phenoxy) is 1. The summed E-state index contributed by atoms with van der Waals surface area (Å²) in [7, 11) is -1.98. The lowest BCUT2D eigenvalue weighted by molar-refractivity contribution is 0.175. The highest BCUT2D eigenvalue weighted by molar-refractivity contribution is 7.89. The minimum absolute atomic E-state index is 0.242. The fourth-order valence-corrected chi connectivity index (χ4v) is 4.43. The van der Waals surface area contributed by atoms with Gasteiger partial charge in [0.1, 0.15) is 0 Å². The second kappa shape index (κ2) is 7.24. The van der Waals surface area contributed by atoms with E-state index in [1.165, 1.54) is 4.31 Å². The smallest absolute Gasteiger partial charge is 0.243 e. The highest BCUT2D eigenvalue weighted by atomic mass is 32.2. The largest absolute Gasteiger partial charge is 0.399 e. The Morgan fingerprint density at radius 1 is 1.24 bits per heavy atom. The number of methoxy groups -OCH3 is 1. The highest BCUT2D eigenvalue weighted by Crippen LogP contribution is 2.26. The summed E-state index contributed by atoms with van der Waals surface area (Å²) in [6, 6.07) is 3.40. The van der Waals surface area contributed by atoms with Crippen LogP contribution in [0.1, 0.15) is 25.0 Å². The summed E-state index contributed by atoms with van der Waals surface area (Å²) in [6.45, 7) is 8.74. The van der Waals surface area contributed by atoms with Gasteiger partial charge in [-0.3, -0.25) is 0 Å². The Bertz CT molecular complexity index is 560. The molecule has 6 heteroatoms. The van der Waals surface area contributed by atoms with E-state index in [2.05, 4.69) is 0 Å². The van der Waals surface area contributed by atoms with Crippen LogP contribution < -0.4 is 5.73 Å². The van der Waals surface area contributed by atoms with Gasteiger partial charge in [-0.2, -0.15) is 4.31 Å². The second-order valence-electron chi connectivity index (χ2n) is 5.73. The van der Waals surface area contributed by atoms with E-state index in [0.717, 1.165) is 0 Å². The van der Waals surface area contributed by atoms with Gasteiger partial charge in [0, 0.05) is 25.9 Å². The summed E-state index contributed by atoms with van der Waals surface area (Å²) in [5.41, 5.74) is 7.72. The average molecular weight is 314 g/mol. The lowest BCUT2D eigenvalue weighted by Crippen LogP contribution is -2.37. The summed E-state index contributed by atoms with van der Waals surface area (Å²) in [6.07, 6.45) is 0. The van der Waals surface area contributed by atoms with E-state index in [4.69, 9.17) is 10.5 Å². The third-order valence-corrected chi connectivity index (χ3v) is 5.37. The summed E-state index contributed by atoms with van der Waals surface area (Å²) < 4.78 is 32.4. The van der Waals surface area contributed by atoms with E-state index in [9.17, 15) is 8.42 Å². The van der Waals surface area contributed by atoms with E-state index in [1.807, 2.05) is 13.8 Å². The third kappa shape index (κ3) is 4.43. The molecule has 0 radical (unpaired) electrons. The molecular formula is C15H26N2O3S. The van der Waals surface area contributed by atoms with Gasteiger partial charge in [0.2, 0.25) is 10.0 Å². The number of aryl methyl sites for hydroxylation is 2. The Labute approximate surface area is 128 Å². The molecule has 0 heterocycles. The molecule has 0 saturated carbocycles. The van der Waals surface area contributed by atoms with Crippen molar-refractivity contribution in [3.63, 3.8) is 0 Å². The summed E-state index contributed by atoms with van der Waals surface area (Å²) in [5.74, 6) is 0.242. The van der Waals surface area contributed by atoms with Gasteiger partial charge in [-0.25, -0.2) is 8.42 Å². The van der Waals surface area contributed by atoms with Crippen LogP contribution >= 0.6 is 0 Å². The Hall–Kier alpha value is -1.11. The first-order chi connectivity index (χ1) is 9.70. The van der Waals surface area contributed by atoms with Crippen molar-refractivity contribution >= 4 is 15.7 Å². The van der Waals surface area contributed by atoms with Gasteiger partial charge in [0.15, 0.2) is 0 Å². The van der Waals surface area contributed by atoms with Crippen LogP contribution in [0, 0.1) is 19.8 Å². The number of nitrogens with two attached hydrogens (primary N) is 1. The fraction of sp³-hybridized carbons (Fsp3) is 0.600. The summed E-state index contributed by atoms with van der Waals surface area (Å²) >= 11 is 0. The summed E-state index contributed by atoms with van der Waals surface area (Å²) in [4.78, 5) is 0.355. The van der Waals surface area contributed by atoms with Crippen molar-refractivity contribution in [3.05, 3.63) is 23.3 Å². The Balaban J connectivity index is 3.28. The van der Waals surface area contributed by atoms with Gasteiger partial charge >= 0.3 is 0 Å². The highest BCUT2D eigenvalue weighted by Gasteiger charge is 2.28. The molecule has 2 N–H and O–H groups in total. The van der Waals surface area contributed by atoms with Crippen LogP contribution in [-0.2, 0) is 14.8 Å². The molecule has 0 aliphatic heterocycles. The molecule has 0 atom stereocenters. The number of nitrogen functional groups attached to an aromatic ring is 1. The van der Waals surface area contributed by atoms with Gasteiger partial charge in [-0.15, -0.1) is 0 Å². The molecule has 1 aromatic rings. The van der Waals surface area contributed by atoms with E-state index in [1.54, 1.807) is 33.1 Å². The lowest BCUT2D eigenvalue weighted by Gasteiger charge is -2.25. The topological polar surface area (TPSA) is 72.6 Å². The number of benzene rings is 1. The molecule has 0 aliphatic rings. The molecular weight excluding hydrogens is 288 g/mol. The number of nitrogens with zero attached hydrogens (tertiary/aromatic N) is 1. The number of hydrogen-bond donors (Lipinski definition) is 1. The van der Waals surface area contributed by atoms with Crippen LogP contribution in [-0.4, -0.2) is 39.5 Å². The molecule has 120 valence electrons. The maximum absolute atomic E-state index is 13.0. The van der Waals surface area contributed by atoms with Crippen molar-refractivity contribution in [1.29, 1.82) is 0 Å². The van der Waals surface area contributed by atoms with Crippen LogP contribution in [0.3, 0.4) is 0 Å². The summed E-state index contributed by atoms with van der Waals surface area (Å²) in [5, 5.41) is 0. The molecule has 5 nitrogen and oxygen atoms in total. The number of sulfonamides is 1. The van der Waals surface area contributed by atoms with Gasteiger partial charge in [-0.05, 0) is 43.0 Å². The van der Waals surface area contributed by atoms with Gasteiger partial charge < -0.3 is 10.5 Å². The minimum atomic E-state index is -3.55. The van der Waals surface area contributed by atoms with Gasteiger partial charge in [0.05, 0.1) is 11.5 Å². The molecule has 0 amide bonds. The third-order valence-electron chi connectivity index (χ3n) is 3.19. The lowest BCUT2D eigenvalue weighted by atomic mass is 10.1. The zero-order valence-electron chi connectivity index (χ0n) is 13.5. The molecule has 0 unspecified atom stereocenters. The Kier molecular flexibility index (Phi) is 6.19. The quantitative estimate of drug-likeness (QED) is 0.783. The van der Waals surface area contributed by atoms with Crippen molar-refractivity contribution in [2.24, 2.45) is 5.92 Å². The monoisotopic (exact) mass is 314 g/mol. The molecule has 0 bridgehead atoms. The Morgan fingerprint density at radius 2 is 1.76 bits per heavy atom. The van der Waals surface area contributed by atoms with Crippen molar-refractivity contribution in [2.45, 2.75) is 32.6 Å². The normalized spacial score (nSPS) is 12.3. The van der Waals surface area contributed by atoms with Crippen LogP contribution in [0.4, 0.5) is 5.69 Å². The van der Waals surface area contributed by atoms with Crippen molar-refractivity contribution in [2.75, 3.05) is 32.5 Å². The van der Waals surface area contributed by atoms with E-state index < -0.39 is 10.0 Å². The molecule has 0 spiro atoms. The minimum Gasteiger partial charge on any atom is -0.399 e. The van der Waals surface area contributed by atoms with Crippen LogP contribution in [0.5, 0.6) is 0 Å². The van der Waals surface area contributed by atoms with Crippen molar-refractivity contribution in [3.8, 4) is 0 Å².